The SMILES string of the molecule is CCN(CC)CCNC(=O)[C@H]1NCCO[C@@H]1C. The zero-order valence-electron chi connectivity index (χ0n) is 11.2. The Hall–Kier alpha value is -0.650. The van der Waals surface area contributed by atoms with Crippen LogP contribution in [0.1, 0.15) is 20.8 Å². The molecule has 1 amide bonds. The maximum Gasteiger partial charge on any atom is 0.239 e. The van der Waals surface area contributed by atoms with Crippen molar-refractivity contribution in [2.45, 2.75) is 32.9 Å². The Morgan fingerprint density at radius 2 is 2.18 bits per heavy atom. The van der Waals surface area contributed by atoms with Gasteiger partial charge in [0.15, 0.2) is 0 Å². The van der Waals surface area contributed by atoms with Crippen LogP contribution in [0, 0.1) is 0 Å². The summed E-state index contributed by atoms with van der Waals surface area (Å²) < 4.78 is 5.45. The molecule has 0 spiro atoms. The standard InChI is InChI=1S/C12H25N3O2/c1-4-15(5-2)8-6-14-12(16)11-10(3)17-9-7-13-11/h10-11,13H,4-9H2,1-3H3,(H,14,16)/t10-,11+/m1/s1. The highest BCUT2D eigenvalue weighted by Crippen LogP contribution is 2.03. The van der Waals surface area contributed by atoms with Crippen LogP contribution in [0.15, 0.2) is 0 Å². The summed E-state index contributed by atoms with van der Waals surface area (Å²) in [6.45, 7) is 11.3. The number of morpholine rings is 1. The first-order valence-electron chi connectivity index (χ1n) is 6.54. The van der Waals surface area contributed by atoms with Gasteiger partial charge in [0.25, 0.3) is 0 Å². The molecular formula is C12H25N3O2. The van der Waals surface area contributed by atoms with Crippen LogP contribution in [0.4, 0.5) is 0 Å². The molecule has 5 nitrogen and oxygen atoms in total. The number of ether oxygens (including phenoxy) is 1. The molecule has 1 fully saturated rings. The Labute approximate surface area is 104 Å². The molecule has 1 aliphatic rings. The van der Waals surface area contributed by atoms with Crippen LogP contribution in [0.3, 0.4) is 0 Å². The minimum Gasteiger partial charge on any atom is -0.375 e. The first-order valence-corrected chi connectivity index (χ1v) is 6.54. The lowest BCUT2D eigenvalue weighted by Gasteiger charge is -2.29. The van der Waals surface area contributed by atoms with Gasteiger partial charge in [-0.05, 0) is 20.0 Å². The van der Waals surface area contributed by atoms with Gasteiger partial charge >= 0.3 is 0 Å². The molecule has 0 aliphatic carbocycles. The van der Waals surface area contributed by atoms with Crippen LogP contribution in [0.2, 0.25) is 0 Å². The van der Waals surface area contributed by atoms with Crippen molar-refractivity contribution in [3.05, 3.63) is 0 Å². The first-order chi connectivity index (χ1) is 8.19. The highest BCUT2D eigenvalue weighted by molar-refractivity contribution is 5.82. The van der Waals surface area contributed by atoms with Gasteiger partial charge in [0.05, 0.1) is 12.7 Å². The normalized spacial score (nSPS) is 24.9. The maximum absolute atomic E-state index is 11.9. The Morgan fingerprint density at radius 3 is 2.76 bits per heavy atom. The van der Waals surface area contributed by atoms with Crippen molar-refractivity contribution in [2.24, 2.45) is 0 Å². The van der Waals surface area contributed by atoms with E-state index in [9.17, 15) is 4.79 Å². The Bertz CT molecular complexity index is 232. The average molecular weight is 243 g/mol. The summed E-state index contributed by atoms with van der Waals surface area (Å²) >= 11 is 0. The van der Waals surface area contributed by atoms with E-state index in [1.807, 2.05) is 6.92 Å². The van der Waals surface area contributed by atoms with Gasteiger partial charge in [-0.25, -0.2) is 0 Å². The minimum absolute atomic E-state index is 0.0443. The second-order valence-electron chi connectivity index (χ2n) is 4.33. The van der Waals surface area contributed by atoms with Crippen molar-refractivity contribution in [1.29, 1.82) is 0 Å². The minimum atomic E-state index is -0.208. The van der Waals surface area contributed by atoms with E-state index in [4.69, 9.17) is 4.74 Å². The van der Waals surface area contributed by atoms with Crippen molar-refractivity contribution >= 4 is 5.91 Å². The van der Waals surface area contributed by atoms with Crippen LogP contribution in [-0.4, -0.2) is 62.3 Å². The highest BCUT2D eigenvalue weighted by atomic mass is 16.5. The van der Waals surface area contributed by atoms with Crippen molar-refractivity contribution in [3.8, 4) is 0 Å². The first kappa shape index (κ1) is 14.4. The highest BCUT2D eigenvalue weighted by Gasteiger charge is 2.27. The Balaban J connectivity index is 2.24. The summed E-state index contributed by atoms with van der Waals surface area (Å²) in [4.78, 5) is 14.2. The van der Waals surface area contributed by atoms with E-state index < -0.39 is 0 Å². The van der Waals surface area contributed by atoms with Crippen molar-refractivity contribution in [1.82, 2.24) is 15.5 Å². The number of amides is 1. The molecular weight excluding hydrogens is 218 g/mol. The van der Waals surface area contributed by atoms with Gasteiger partial charge in [-0.2, -0.15) is 0 Å². The number of carbonyl (C=O) groups excluding carboxylic acids is 1. The van der Waals surface area contributed by atoms with Gasteiger partial charge < -0.3 is 20.3 Å². The number of likely N-dealkylation sites (N-methyl/N-ethyl adjacent to an activating group) is 1. The number of nitrogens with zero attached hydrogens (tertiary/aromatic N) is 1. The molecule has 0 unspecified atom stereocenters. The number of carbonyl (C=O) groups is 1. The van der Waals surface area contributed by atoms with E-state index in [2.05, 4.69) is 29.4 Å². The predicted octanol–water partition coefficient (Wildman–Crippen LogP) is -0.179. The van der Waals surface area contributed by atoms with E-state index in [-0.39, 0.29) is 18.1 Å². The van der Waals surface area contributed by atoms with E-state index in [1.165, 1.54) is 0 Å². The van der Waals surface area contributed by atoms with E-state index >= 15 is 0 Å². The number of hydrogen-bond acceptors (Lipinski definition) is 4. The molecule has 17 heavy (non-hydrogen) atoms. The monoisotopic (exact) mass is 243 g/mol. The Kier molecular flexibility index (Phi) is 6.47. The van der Waals surface area contributed by atoms with Gasteiger partial charge in [-0.1, -0.05) is 13.8 Å². The molecule has 0 aromatic rings. The second-order valence-corrected chi connectivity index (χ2v) is 4.33. The zero-order valence-corrected chi connectivity index (χ0v) is 11.2. The van der Waals surface area contributed by atoms with Crippen molar-refractivity contribution in [3.63, 3.8) is 0 Å². The molecule has 0 aromatic heterocycles. The summed E-state index contributed by atoms with van der Waals surface area (Å²) in [5, 5.41) is 6.14. The average Bonchev–Trinajstić information content (AvgIpc) is 2.35. The smallest absolute Gasteiger partial charge is 0.239 e. The molecule has 2 atom stereocenters. The summed E-state index contributed by atoms with van der Waals surface area (Å²) in [6.07, 6.45) is -0.0443. The molecule has 0 saturated carbocycles. The van der Waals surface area contributed by atoms with Gasteiger partial charge in [-0.3, -0.25) is 4.79 Å². The maximum atomic E-state index is 11.9. The molecule has 0 radical (unpaired) electrons. The van der Waals surface area contributed by atoms with Gasteiger partial charge in [0, 0.05) is 19.6 Å². The summed E-state index contributed by atoms with van der Waals surface area (Å²) in [7, 11) is 0. The van der Waals surface area contributed by atoms with Crippen LogP contribution < -0.4 is 10.6 Å². The van der Waals surface area contributed by atoms with Crippen molar-refractivity contribution < 1.29 is 9.53 Å². The van der Waals surface area contributed by atoms with Gasteiger partial charge in [-0.15, -0.1) is 0 Å². The molecule has 5 heteroatoms. The molecule has 0 bridgehead atoms. The van der Waals surface area contributed by atoms with E-state index in [1.54, 1.807) is 0 Å². The quantitative estimate of drug-likeness (QED) is 0.679. The van der Waals surface area contributed by atoms with Gasteiger partial charge in [0.2, 0.25) is 5.91 Å². The lowest BCUT2D eigenvalue weighted by atomic mass is 10.1. The third-order valence-corrected chi connectivity index (χ3v) is 3.22. The number of hydrogen-bond donors (Lipinski definition) is 2. The molecule has 1 saturated heterocycles. The van der Waals surface area contributed by atoms with Crippen LogP contribution in [0.25, 0.3) is 0 Å². The molecule has 100 valence electrons. The molecule has 1 heterocycles. The predicted molar refractivity (Wildman–Crippen MR) is 68.0 cm³/mol. The molecule has 0 aromatic carbocycles. The fraction of sp³-hybridized carbons (Fsp3) is 0.917. The Morgan fingerprint density at radius 1 is 1.47 bits per heavy atom. The second kappa shape index (κ2) is 7.63. The lowest BCUT2D eigenvalue weighted by molar-refractivity contribution is -0.128. The largest absolute Gasteiger partial charge is 0.375 e. The molecule has 2 N–H and O–H groups in total. The number of rotatable bonds is 6. The van der Waals surface area contributed by atoms with Crippen LogP contribution in [-0.2, 0) is 9.53 Å². The summed E-state index contributed by atoms with van der Waals surface area (Å²) in [5.41, 5.74) is 0. The topological polar surface area (TPSA) is 53.6 Å². The van der Waals surface area contributed by atoms with Crippen molar-refractivity contribution in [2.75, 3.05) is 39.3 Å². The number of nitrogens with one attached hydrogen (secondary N) is 2. The third kappa shape index (κ3) is 4.61. The van der Waals surface area contributed by atoms with E-state index in [0.717, 1.165) is 26.2 Å². The zero-order chi connectivity index (χ0) is 12.7. The van der Waals surface area contributed by atoms with E-state index in [0.29, 0.717) is 13.2 Å². The molecule has 1 aliphatic heterocycles. The van der Waals surface area contributed by atoms with Crippen LogP contribution >= 0.6 is 0 Å². The van der Waals surface area contributed by atoms with Crippen LogP contribution in [0.5, 0.6) is 0 Å². The molecule has 1 rings (SSSR count). The summed E-state index contributed by atoms with van der Waals surface area (Å²) in [5.74, 6) is 0.0457. The third-order valence-electron chi connectivity index (χ3n) is 3.22. The van der Waals surface area contributed by atoms with Gasteiger partial charge in [0.1, 0.15) is 6.04 Å². The summed E-state index contributed by atoms with van der Waals surface area (Å²) in [6, 6.07) is -0.208. The fourth-order valence-electron chi connectivity index (χ4n) is 2.01. The lowest BCUT2D eigenvalue weighted by Crippen LogP contribution is -2.56. The fourth-order valence-corrected chi connectivity index (χ4v) is 2.01.